The van der Waals surface area contributed by atoms with E-state index in [0.29, 0.717) is 4.36 Å². The van der Waals surface area contributed by atoms with Crippen molar-refractivity contribution < 1.29 is 19.4 Å². The van der Waals surface area contributed by atoms with Gasteiger partial charge in [-0.25, -0.2) is 0 Å². The predicted molar refractivity (Wildman–Crippen MR) is 60.8 cm³/mol. The van der Waals surface area contributed by atoms with Crippen LogP contribution in [0.5, 0.6) is 0 Å². The zero-order valence-corrected chi connectivity index (χ0v) is 10.5. The summed E-state index contributed by atoms with van der Waals surface area (Å²) in [6.07, 6.45) is 10.7. The summed E-state index contributed by atoms with van der Waals surface area (Å²) < 4.78 is 4.91. The molecule has 0 amide bonds. The fraction of sp³-hybridized carbons (Fsp3) is 0.0909. The Morgan fingerprint density at radius 2 is 1.88 bits per heavy atom. The molecule has 1 aliphatic heterocycles. The van der Waals surface area contributed by atoms with Gasteiger partial charge in [0.1, 0.15) is 0 Å². The molecule has 0 bridgehead atoms. The molecule has 16 heavy (non-hydrogen) atoms. The summed E-state index contributed by atoms with van der Waals surface area (Å²) in [5.41, 5.74) is 0. The summed E-state index contributed by atoms with van der Waals surface area (Å²) in [7, 11) is 0. The van der Waals surface area contributed by atoms with Crippen LogP contribution in [0.4, 0.5) is 0 Å². The van der Waals surface area contributed by atoms with E-state index in [2.05, 4.69) is 4.74 Å². The standard InChI is InChI=1S/C11H11AsO4/c13-8-10(14)16-11(15)9-6-4-2-1-3-5-7-12-9/h1-7,12-13H,8H2. The van der Waals surface area contributed by atoms with Crippen LogP contribution in [0.1, 0.15) is 0 Å². The number of carbonyl (C=O) groups is 2. The van der Waals surface area contributed by atoms with Gasteiger partial charge in [-0.05, 0) is 0 Å². The Kier molecular flexibility index (Phi) is 5.54. The first kappa shape index (κ1) is 12.7. The molecule has 1 atom stereocenters. The molecule has 0 radical (unpaired) electrons. The van der Waals surface area contributed by atoms with E-state index < -0.39 is 34.3 Å². The van der Waals surface area contributed by atoms with Gasteiger partial charge in [0.2, 0.25) is 0 Å². The molecule has 1 aliphatic rings. The van der Waals surface area contributed by atoms with Gasteiger partial charge in [0.05, 0.1) is 0 Å². The molecule has 0 saturated heterocycles. The van der Waals surface area contributed by atoms with Crippen molar-refractivity contribution in [1.29, 1.82) is 0 Å². The van der Waals surface area contributed by atoms with Crippen molar-refractivity contribution in [2.24, 2.45) is 0 Å². The van der Waals surface area contributed by atoms with E-state index in [9.17, 15) is 9.59 Å². The van der Waals surface area contributed by atoms with E-state index in [0.717, 1.165) is 0 Å². The van der Waals surface area contributed by atoms with Crippen molar-refractivity contribution in [1.82, 2.24) is 0 Å². The molecule has 0 aromatic heterocycles. The van der Waals surface area contributed by atoms with Crippen LogP contribution >= 0.6 is 0 Å². The molecule has 1 N–H and O–H groups in total. The van der Waals surface area contributed by atoms with E-state index in [4.69, 9.17) is 5.11 Å². The van der Waals surface area contributed by atoms with Crippen molar-refractivity contribution >= 4 is 27.7 Å². The maximum absolute atomic E-state index is 11.5. The average molecular weight is 282 g/mol. The van der Waals surface area contributed by atoms with Crippen LogP contribution in [0.15, 0.2) is 45.7 Å². The van der Waals surface area contributed by atoms with E-state index in [1.807, 2.05) is 23.1 Å². The topological polar surface area (TPSA) is 63.6 Å². The molecular formula is C11H11AsO4. The SMILES string of the molecule is O=C(CO)OC(=O)C1=CC=CC=CC=C[AsH]1. The minimum absolute atomic E-state index is 0.484. The maximum atomic E-state index is 11.5. The Morgan fingerprint density at radius 3 is 2.62 bits per heavy atom. The number of hydrogen-bond donors (Lipinski definition) is 1. The molecule has 0 aromatic rings. The van der Waals surface area contributed by atoms with Crippen LogP contribution in [-0.2, 0) is 14.3 Å². The van der Waals surface area contributed by atoms with E-state index in [1.54, 1.807) is 18.2 Å². The van der Waals surface area contributed by atoms with Crippen molar-refractivity contribution in [2.75, 3.05) is 6.61 Å². The second-order valence-electron chi connectivity index (χ2n) is 2.77. The summed E-state index contributed by atoms with van der Waals surface area (Å²) in [5, 5.41) is 8.45. The van der Waals surface area contributed by atoms with Gasteiger partial charge in [-0.2, -0.15) is 0 Å². The van der Waals surface area contributed by atoms with Crippen molar-refractivity contribution in [3.05, 3.63) is 45.7 Å². The number of carbonyl (C=O) groups excluding carboxylic acids is 2. The van der Waals surface area contributed by atoms with Crippen LogP contribution in [0.3, 0.4) is 0 Å². The Balaban J connectivity index is 2.70. The van der Waals surface area contributed by atoms with E-state index in [-0.39, 0.29) is 0 Å². The van der Waals surface area contributed by atoms with E-state index in [1.165, 1.54) is 0 Å². The number of aliphatic hydroxyl groups is 1. The quantitative estimate of drug-likeness (QED) is 0.440. The number of aliphatic hydroxyl groups excluding tert-OH is 1. The molecule has 0 aromatic carbocycles. The Morgan fingerprint density at radius 1 is 1.19 bits per heavy atom. The zero-order chi connectivity index (χ0) is 11.8. The molecule has 5 heteroatoms. The molecule has 4 nitrogen and oxygen atoms in total. The monoisotopic (exact) mass is 282 g/mol. The number of ether oxygens (including phenoxy) is 1. The second kappa shape index (κ2) is 6.99. The van der Waals surface area contributed by atoms with Gasteiger partial charge < -0.3 is 0 Å². The van der Waals surface area contributed by atoms with Crippen LogP contribution in [0.25, 0.3) is 0 Å². The van der Waals surface area contributed by atoms with Gasteiger partial charge in [-0.3, -0.25) is 0 Å². The summed E-state index contributed by atoms with van der Waals surface area (Å²) in [6, 6.07) is 0. The van der Waals surface area contributed by atoms with Gasteiger partial charge in [0.15, 0.2) is 0 Å². The molecule has 0 saturated carbocycles. The average Bonchev–Trinajstić information content (AvgIpc) is 2.41. The third kappa shape index (κ3) is 4.43. The first-order chi connectivity index (χ1) is 7.74. The molecule has 0 aliphatic carbocycles. The van der Waals surface area contributed by atoms with Crippen LogP contribution in [0.2, 0.25) is 0 Å². The number of hydrogen-bond acceptors (Lipinski definition) is 4. The third-order valence-corrected chi connectivity index (χ3v) is 3.78. The number of allylic oxidation sites excluding steroid dienone is 6. The van der Waals surface area contributed by atoms with Gasteiger partial charge in [-0.1, -0.05) is 0 Å². The first-order valence-corrected chi connectivity index (χ1v) is 6.82. The fourth-order valence-electron chi connectivity index (χ4n) is 0.903. The zero-order valence-electron chi connectivity index (χ0n) is 8.42. The summed E-state index contributed by atoms with van der Waals surface area (Å²) in [4.78, 5) is 24.1. The number of esters is 2. The Labute approximate surface area is 99.7 Å². The van der Waals surface area contributed by atoms with Gasteiger partial charge in [0.25, 0.3) is 0 Å². The van der Waals surface area contributed by atoms with Gasteiger partial charge >= 0.3 is 99.4 Å². The van der Waals surface area contributed by atoms with Gasteiger partial charge in [0, 0.05) is 0 Å². The van der Waals surface area contributed by atoms with Crippen LogP contribution in [-0.4, -0.2) is 39.4 Å². The van der Waals surface area contributed by atoms with Gasteiger partial charge in [-0.15, -0.1) is 0 Å². The molecule has 1 unspecified atom stereocenters. The number of rotatable bonds is 2. The fourth-order valence-corrected chi connectivity index (χ4v) is 2.47. The Hall–Kier alpha value is -1.38. The predicted octanol–water partition coefficient (Wildman–Crippen LogP) is 0.00860. The molecule has 84 valence electrons. The summed E-state index contributed by atoms with van der Waals surface area (Å²) in [5.74, 6) is -1.60. The van der Waals surface area contributed by atoms with E-state index >= 15 is 0 Å². The second-order valence-corrected chi connectivity index (χ2v) is 5.21. The summed E-state index contributed by atoms with van der Waals surface area (Å²) >= 11 is -0.758. The molecule has 0 spiro atoms. The van der Waals surface area contributed by atoms with Crippen LogP contribution in [0, 0.1) is 0 Å². The Bertz CT molecular complexity index is 391. The summed E-state index contributed by atoms with van der Waals surface area (Å²) in [6.45, 7) is -0.785. The van der Waals surface area contributed by atoms with Crippen molar-refractivity contribution in [3.8, 4) is 0 Å². The minimum atomic E-state index is -0.927. The molecule has 1 rings (SSSR count). The van der Waals surface area contributed by atoms with Crippen LogP contribution < -0.4 is 0 Å². The molecule has 1 heterocycles. The molecule has 0 fully saturated rings. The molecular weight excluding hydrogens is 271 g/mol. The van der Waals surface area contributed by atoms with Crippen molar-refractivity contribution in [3.63, 3.8) is 0 Å². The first-order valence-electron chi connectivity index (χ1n) is 4.56. The van der Waals surface area contributed by atoms with Crippen molar-refractivity contribution in [2.45, 2.75) is 0 Å². The third-order valence-electron chi connectivity index (χ3n) is 1.60. The normalized spacial score (nSPS) is 16.2.